The summed E-state index contributed by atoms with van der Waals surface area (Å²) < 4.78 is 5.17. The van der Waals surface area contributed by atoms with Gasteiger partial charge >= 0.3 is 5.76 Å². The van der Waals surface area contributed by atoms with Crippen LogP contribution in [0.4, 0.5) is 11.6 Å². The number of aliphatic hydroxyl groups is 1. The molecule has 1 aliphatic heterocycles. The molecule has 0 saturated carbocycles. The van der Waals surface area contributed by atoms with Gasteiger partial charge in [0.05, 0.1) is 11.5 Å². The van der Waals surface area contributed by atoms with Crippen LogP contribution in [-0.4, -0.2) is 70.3 Å². The van der Waals surface area contributed by atoms with E-state index in [1.165, 1.54) is 0 Å². The largest absolute Gasteiger partial charge is 0.441 e. The molecule has 1 aliphatic rings. The molecule has 9 nitrogen and oxygen atoms in total. The van der Waals surface area contributed by atoms with E-state index >= 15 is 0 Å². The molecule has 9 heteroatoms. The van der Waals surface area contributed by atoms with Crippen LogP contribution >= 0.6 is 0 Å². The molecule has 1 saturated heterocycles. The van der Waals surface area contributed by atoms with E-state index in [9.17, 15) is 9.90 Å². The first kappa shape index (κ1) is 21.3. The highest BCUT2D eigenvalue weighted by Gasteiger charge is 2.21. The second kappa shape index (κ2) is 9.13. The van der Waals surface area contributed by atoms with E-state index in [-0.39, 0.29) is 6.54 Å². The third kappa shape index (κ3) is 4.64. The van der Waals surface area contributed by atoms with E-state index < -0.39 is 11.9 Å². The Morgan fingerprint density at radius 3 is 2.79 bits per heavy atom. The van der Waals surface area contributed by atoms with E-state index in [2.05, 4.69) is 30.1 Å². The fraction of sp³-hybridized carbons (Fsp3) is 0.333. The molecule has 1 unspecified atom stereocenters. The van der Waals surface area contributed by atoms with Crippen LogP contribution in [0.15, 0.2) is 58.1 Å². The number of piperazine rings is 1. The number of nitrogens with zero attached hydrogens (tertiary/aromatic N) is 5. The van der Waals surface area contributed by atoms with Crippen molar-refractivity contribution >= 4 is 33.4 Å². The lowest BCUT2D eigenvalue weighted by Gasteiger charge is -2.36. The number of anilines is 2. The van der Waals surface area contributed by atoms with Crippen LogP contribution in [0.25, 0.3) is 21.7 Å². The number of pyridine rings is 2. The molecular weight excluding hydrogens is 420 g/mol. The van der Waals surface area contributed by atoms with Gasteiger partial charge < -0.3 is 19.7 Å². The minimum absolute atomic E-state index is 0.288. The molecule has 0 bridgehead atoms. The van der Waals surface area contributed by atoms with Gasteiger partial charge in [-0.1, -0.05) is 11.6 Å². The summed E-state index contributed by atoms with van der Waals surface area (Å²) in [5.74, 6) is 0.736. The minimum Gasteiger partial charge on any atom is -0.408 e. The number of aromatic nitrogens is 3. The van der Waals surface area contributed by atoms with E-state index in [0.717, 1.165) is 53.7 Å². The molecule has 2 N–H and O–H groups in total. The zero-order valence-corrected chi connectivity index (χ0v) is 18.4. The fourth-order valence-electron chi connectivity index (χ4n) is 4.29. The van der Waals surface area contributed by atoms with Crippen molar-refractivity contribution in [1.29, 1.82) is 0 Å². The number of aliphatic hydroxyl groups excluding tert-OH is 1. The normalized spacial score (nSPS) is 15.8. The summed E-state index contributed by atoms with van der Waals surface area (Å²) in [5.41, 5.74) is 1.52. The summed E-state index contributed by atoms with van der Waals surface area (Å²) in [6, 6.07) is 9.55. The van der Waals surface area contributed by atoms with Crippen molar-refractivity contribution in [3.63, 3.8) is 0 Å². The van der Waals surface area contributed by atoms with E-state index in [0.29, 0.717) is 17.9 Å². The van der Waals surface area contributed by atoms with Crippen LogP contribution in [0, 0.1) is 6.92 Å². The van der Waals surface area contributed by atoms with Gasteiger partial charge in [0.1, 0.15) is 17.2 Å². The number of β-amino-alcohol motifs (C(OH)–C–C–N with tert-alkyl or cyclic N) is 1. The van der Waals surface area contributed by atoms with Gasteiger partial charge in [-0.2, -0.15) is 4.98 Å². The topological polar surface area (TPSA) is 108 Å². The lowest BCUT2D eigenvalue weighted by atomic mass is 10.1. The number of rotatable bonds is 6. The van der Waals surface area contributed by atoms with Crippen LogP contribution in [0.1, 0.15) is 5.56 Å². The molecule has 170 valence electrons. The minimum atomic E-state index is -0.656. The lowest BCUT2D eigenvalue weighted by Crippen LogP contribution is -2.49. The molecule has 1 atom stereocenters. The van der Waals surface area contributed by atoms with Crippen LogP contribution in [-0.2, 0) is 0 Å². The first-order chi connectivity index (χ1) is 16.1. The number of nitrogens with one attached hydrogen (secondary N) is 1. The summed E-state index contributed by atoms with van der Waals surface area (Å²) >= 11 is 0. The van der Waals surface area contributed by atoms with Gasteiger partial charge in [0.2, 0.25) is 0 Å². The molecule has 4 heterocycles. The standard InChI is InChI=1S/C24H26N6O3/c1-16-2-3-21-19(12-16)22(28-24(32)33-21)27-13-18(31)15-29-8-10-30(11-9-29)23-20-14-25-6-4-17(20)5-7-26-23/h2-7,12,14,18,31H,8-11,13,15H2,1H3,(H,27,28,32). The van der Waals surface area contributed by atoms with Crippen LogP contribution in [0.2, 0.25) is 0 Å². The quantitative estimate of drug-likeness (QED) is 0.460. The molecule has 3 aromatic heterocycles. The van der Waals surface area contributed by atoms with Crippen molar-refractivity contribution in [2.45, 2.75) is 13.0 Å². The van der Waals surface area contributed by atoms with Gasteiger partial charge in [0, 0.05) is 63.2 Å². The second-order valence-corrected chi connectivity index (χ2v) is 8.38. The Hall–Kier alpha value is -3.56. The number of hydrogen-bond acceptors (Lipinski definition) is 9. The Morgan fingerprint density at radius 2 is 1.94 bits per heavy atom. The first-order valence-electron chi connectivity index (χ1n) is 11.1. The van der Waals surface area contributed by atoms with Gasteiger partial charge in [-0.05, 0) is 36.6 Å². The maximum Gasteiger partial charge on any atom is 0.441 e. The van der Waals surface area contributed by atoms with Gasteiger partial charge in [-0.15, -0.1) is 0 Å². The highest BCUT2D eigenvalue weighted by Crippen LogP contribution is 2.24. The zero-order valence-electron chi connectivity index (χ0n) is 18.4. The summed E-state index contributed by atoms with van der Waals surface area (Å²) in [5, 5.41) is 16.7. The third-order valence-corrected chi connectivity index (χ3v) is 5.98. The Kier molecular flexibility index (Phi) is 5.89. The SMILES string of the molecule is Cc1ccc2oc(=O)nc(NCC(O)CN3CCN(c4nccc5ccncc45)CC3)c2c1. The summed E-state index contributed by atoms with van der Waals surface area (Å²) in [7, 11) is 0. The van der Waals surface area contributed by atoms with E-state index in [1.807, 2.05) is 43.6 Å². The van der Waals surface area contributed by atoms with Crippen molar-refractivity contribution in [3.8, 4) is 0 Å². The molecule has 4 aromatic rings. The number of hydrogen-bond donors (Lipinski definition) is 2. The molecule has 0 amide bonds. The highest BCUT2D eigenvalue weighted by molar-refractivity contribution is 5.91. The molecule has 33 heavy (non-hydrogen) atoms. The van der Waals surface area contributed by atoms with Crippen molar-refractivity contribution in [1.82, 2.24) is 19.9 Å². The summed E-state index contributed by atoms with van der Waals surface area (Å²) in [4.78, 5) is 29.1. The maximum absolute atomic E-state index is 11.8. The smallest absolute Gasteiger partial charge is 0.408 e. The number of benzene rings is 1. The molecule has 1 aromatic carbocycles. The van der Waals surface area contributed by atoms with Crippen molar-refractivity contribution in [3.05, 3.63) is 65.0 Å². The van der Waals surface area contributed by atoms with Gasteiger partial charge in [-0.25, -0.2) is 9.78 Å². The van der Waals surface area contributed by atoms with Gasteiger partial charge in [0.15, 0.2) is 0 Å². The second-order valence-electron chi connectivity index (χ2n) is 8.38. The average molecular weight is 447 g/mol. The van der Waals surface area contributed by atoms with Crippen LogP contribution in [0.3, 0.4) is 0 Å². The predicted molar refractivity (Wildman–Crippen MR) is 128 cm³/mol. The van der Waals surface area contributed by atoms with Crippen molar-refractivity contribution < 1.29 is 9.52 Å². The zero-order chi connectivity index (χ0) is 22.8. The van der Waals surface area contributed by atoms with Crippen molar-refractivity contribution in [2.75, 3.05) is 49.5 Å². The Balaban J connectivity index is 1.18. The highest BCUT2D eigenvalue weighted by atomic mass is 16.4. The number of fused-ring (bicyclic) bond motifs is 2. The third-order valence-electron chi connectivity index (χ3n) is 5.98. The van der Waals surface area contributed by atoms with E-state index in [1.54, 1.807) is 12.3 Å². The Morgan fingerprint density at radius 1 is 1.12 bits per heavy atom. The summed E-state index contributed by atoms with van der Waals surface area (Å²) in [6.45, 7) is 6.08. The average Bonchev–Trinajstić information content (AvgIpc) is 2.83. The molecule has 1 fully saturated rings. The van der Waals surface area contributed by atoms with Crippen LogP contribution in [0.5, 0.6) is 0 Å². The van der Waals surface area contributed by atoms with Crippen LogP contribution < -0.4 is 16.0 Å². The molecule has 0 spiro atoms. The maximum atomic E-state index is 11.8. The lowest BCUT2D eigenvalue weighted by molar-refractivity contribution is 0.118. The van der Waals surface area contributed by atoms with E-state index in [4.69, 9.17) is 4.42 Å². The monoisotopic (exact) mass is 446 g/mol. The summed E-state index contributed by atoms with van der Waals surface area (Å²) in [6.07, 6.45) is 4.89. The fourth-order valence-corrected chi connectivity index (χ4v) is 4.29. The molecule has 0 aliphatic carbocycles. The van der Waals surface area contributed by atoms with Crippen molar-refractivity contribution in [2.24, 2.45) is 0 Å². The predicted octanol–water partition coefficient (Wildman–Crippen LogP) is 2.03. The Bertz CT molecular complexity index is 1330. The molecular formula is C24H26N6O3. The van der Waals surface area contributed by atoms with Gasteiger partial charge in [-0.3, -0.25) is 9.88 Å². The van der Waals surface area contributed by atoms with Gasteiger partial charge in [0.25, 0.3) is 0 Å². The molecule has 0 radical (unpaired) electrons. The Labute approximate surface area is 190 Å². The first-order valence-corrected chi connectivity index (χ1v) is 11.1. The molecule has 5 rings (SSSR count). The number of aryl methyl sites for hydroxylation is 1.